The van der Waals surface area contributed by atoms with Gasteiger partial charge < -0.3 is 9.84 Å². The minimum absolute atomic E-state index is 0.0993. The second-order valence-corrected chi connectivity index (χ2v) is 5.71. The highest BCUT2D eigenvalue weighted by Crippen LogP contribution is 2.27. The zero-order chi connectivity index (χ0) is 16.5. The fourth-order valence-electron chi connectivity index (χ4n) is 1.69. The molecule has 0 fully saturated rings. The van der Waals surface area contributed by atoms with Crippen LogP contribution in [-0.2, 0) is 0 Å². The van der Waals surface area contributed by atoms with Crippen molar-refractivity contribution in [3.05, 3.63) is 58.1 Å². The SMILES string of the molecule is CC.O=C(c1ccc(O)cc1)c1ccc(OCCBr)c(Br)c1. The van der Waals surface area contributed by atoms with E-state index in [2.05, 4.69) is 31.9 Å². The summed E-state index contributed by atoms with van der Waals surface area (Å²) in [5.41, 5.74) is 1.09. The summed E-state index contributed by atoms with van der Waals surface area (Å²) in [6.45, 7) is 4.56. The molecule has 0 aliphatic rings. The Morgan fingerprint density at radius 1 is 1.09 bits per heavy atom. The number of aromatic hydroxyl groups is 1. The molecule has 0 saturated carbocycles. The maximum Gasteiger partial charge on any atom is 0.193 e. The number of carbonyl (C=O) groups is 1. The molecule has 5 heteroatoms. The van der Waals surface area contributed by atoms with Gasteiger partial charge in [0.05, 0.1) is 11.1 Å². The van der Waals surface area contributed by atoms with Gasteiger partial charge in [-0.1, -0.05) is 29.8 Å². The number of phenolic OH excluding ortho intramolecular Hbond substituents is 1. The molecule has 0 aliphatic heterocycles. The molecule has 0 unspecified atom stereocenters. The van der Waals surface area contributed by atoms with Crippen molar-refractivity contribution in [2.24, 2.45) is 0 Å². The van der Waals surface area contributed by atoms with Crippen molar-refractivity contribution in [2.75, 3.05) is 11.9 Å². The van der Waals surface area contributed by atoms with Gasteiger partial charge in [0.1, 0.15) is 11.5 Å². The Kier molecular flexibility index (Phi) is 8.20. The average Bonchev–Trinajstić information content (AvgIpc) is 2.55. The van der Waals surface area contributed by atoms with E-state index in [4.69, 9.17) is 4.74 Å². The van der Waals surface area contributed by atoms with Gasteiger partial charge >= 0.3 is 0 Å². The average molecular weight is 430 g/mol. The second-order valence-electron chi connectivity index (χ2n) is 4.06. The largest absolute Gasteiger partial charge is 0.508 e. The van der Waals surface area contributed by atoms with Gasteiger partial charge in [-0.2, -0.15) is 0 Å². The number of hydrogen-bond acceptors (Lipinski definition) is 3. The van der Waals surface area contributed by atoms with Crippen molar-refractivity contribution in [1.29, 1.82) is 0 Å². The molecule has 3 nitrogen and oxygen atoms in total. The molecule has 0 radical (unpaired) electrons. The normalized spacial score (nSPS) is 9.64. The topological polar surface area (TPSA) is 46.5 Å². The van der Waals surface area contributed by atoms with E-state index in [1.807, 2.05) is 13.8 Å². The Morgan fingerprint density at radius 2 is 1.68 bits per heavy atom. The molecule has 2 aromatic carbocycles. The molecule has 0 saturated heterocycles. The quantitative estimate of drug-likeness (QED) is 0.525. The number of phenols is 1. The summed E-state index contributed by atoms with van der Waals surface area (Å²) in [6, 6.07) is 11.4. The molecule has 0 heterocycles. The highest BCUT2D eigenvalue weighted by atomic mass is 79.9. The van der Waals surface area contributed by atoms with Crippen molar-refractivity contribution in [2.45, 2.75) is 13.8 Å². The molecule has 118 valence electrons. The van der Waals surface area contributed by atoms with Crippen molar-refractivity contribution in [1.82, 2.24) is 0 Å². The van der Waals surface area contributed by atoms with Crippen molar-refractivity contribution < 1.29 is 14.6 Å². The van der Waals surface area contributed by atoms with Gasteiger partial charge in [0.2, 0.25) is 0 Å². The molecule has 1 N–H and O–H groups in total. The fraction of sp³-hybridized carbons (Fsp3) is 0.235. The number of ether oxygens (including phenoxy) is 1. The molecule has 0 spiro atoms. The maximum absolute atomic E-state index is 12.3. The summed E-state index contributed by atoms with van der Waals surface area (Å²) >= 11 is 6.69. The second kappa shape index (κ2) is 9.64. The Labute approximate surface area is 147 Å². The Balaban J connectivity index is 0.00000116. The molecular formula is C17H18Br2O3. The van der Waals surface area contributed by atoms with Crippen LogP contribution in [0.5, 0.6) is 11.5 Å². The van der Waals surface area contributed by atoms with Crippen LogP contribution in [0.1, 0.15) is 29.8 Å². The lowest BCUT2D eigenvalue weighted by atomic mass is 10.0. The van der Waals surface area contributed by atoms with Gasteiger partial charge in [-0.05, 0) is 58.4 Å². The van der Waals surface area contributed by atoms with Crippen LogP contribution in [0.3, 0.4) is 0 Å². The lowest BCUT2D eigenvalue weighted by Crippen LogP contribution is -2.03. The molecule has 22 heavy (non-hydrogen) atoms. The van der Waals surface area contributed by atoms with Crippen LogP contribution >= 0.6 is 31.9 Å². The van der Waals surface area contributed by atoms with Crippen molar-refractivity contribution in [3.8, 4) is 11.5 Å². The number of alkyl halides is 1. The van der Waals surface area contributed by atoms with E-state index in [1.165, 1.54) is 12.1 Å². The summed E-state index contributed by atoms with van der Waals surface area (Å²) in [6.07, 6.45) is 0. The van der Waals surface area contributed by atoms with E-state index < -0.39 is 0 Å². The standard InChI is InChI=1S/C15H12Br2O3.C2H6/c16-7-8-20-14-6-3-11(9-13(14)17)15(19)10-1-4-12(18)5-2-10;1-2/h1-6,9,18H,7-8H2;1-2H3. The Morgan fingerprint density at radius 3 is 2.23 bits per heavy atom. The first-order valence-corrected chi connectivity index (χ1v) is 8.85. The van der Waals surface area contributed by atoms with Crippen molar-refractivity contribution in [3.63, 3.8) is 0 Å². The van der Waals surface area contributed by atoms with Gasteiger partial charge in [0.25, 0.3) is 0 Å². The van der Waals surface area contributed by atoms with Crippen LogP contribution in [0.15, 0.2) is 46.9 Å². The summed E-state index contributed by atoms with van der Waals surface area (Å²) < 4.78 is 6.24. The number of ketones is 1. The minimum Gasteiger partial charge on any atom is -0.508 e. The highest BCUT2D eigenvalue weighted by molar-refractivity contribution is 9.10. The van der Waals surface area contributed by atoms with Gasteiger partial charge in [0.15, 0.2) is 5.78 Å². The van der Waals surface area contributed by atoms with Crippen LogP contribution in [0, 0.1) is 0 Å². The molecule has 2 aromatic rings. The first-order chi connectivity index (χ1) is 10.6. The number of rotatable bonds is 5. The highest BCUT2D eigenvalue weighted by Gasteiger charge is 2.11. The molecule has 0 aromatic heterocycles. The molecule has 0 atom stereocenters. The van der Waals surface area contributed by atoms with Gasteiger partial charge in [0, 0.05) is 16.5 Å². The molecule has 0 aliphatic carbocycles. The van der Waals surface area contributed by atoms with E-state index >= 15 is 0 Å². The molecule has 0 amide bonds. The van der Waals surface area contributed by atoms with Crippen LogP contribution in [0.2, 0.25) is 0 Å². The first-order valence-electron chi connectivity index (χ1n) is 6.94. The predicted octanol–water partition coefficient (Wildman–Crippen LogP) is 5.19. The summed E-state index contributed by atoms with van der Waals surface area (Å²) in [5.74, 6) is 0.741. The summed E-state index contributed by atoms with van der Waals surface area (Å²) in [4.78, 5) is 12.3. The zero-order valence-electron chi connectivity index (χ0n) is 12.5. The number of carbonyl (C=O) groups excluding carboxylic acids is 1. The van der Waals surface area contributed by atoms with Gasteiger partial charge in [-0.25, -0.2) is 0 Å². The number of halogens is 2. The van der Waals surface area contributed by atoms with Crippen LogP contribution in [-0.4, -0.2) is 22.8 Å². The van der Waals surface area contributed by atoms with Crippen LogP contribution in [0.4, 0.5) is 0 Å². The minimum atomic E-state index is -0.0993. The van der Waals surface area contributed by atoms with E-state index in [1.54, 1.807) is 30.3 Å². The molecule has 0 bridgehead atoms. The van der Waals surface area contributed by atoms with Crippen molar-refractivity contribution >= 4 is 37.6 Å². The number of hydrogen-bond donors (Lipinski definition) is 1. The Hall–Kier alpha value is -1.33. The maximum atomic E-state index is 12.3. The van der Waals surface area contributed by atoms with E-state index in [-0.39, 0.29) is 11.5 Å². The van der Waals surface area contributed by atoms with E-state index in [0.29, 0.717) is 23.5 Å². The lowest BCUT2D eigenvalue weighted by Gasteiger charge is -2.08. The zero-order valence-corrected chi connectivity index (χ0v) is 15.6. The summed E-state index contributed by atoms with van der Waals surface area (Å²) in [5, 5.41) is 9.98. The third-order valence-corrected chi connectivity index (χ3v) is 3.60. The van der Waals surface area contributed by atoms with Gasteiger partial charge in [-0.3, -0.25) is 4.79 Å². The lowest BCUT2D eigenvalue weighted by molar-refractivity contribution is 0.103. The first kappa shape index (κ1) is 18.7. The van der Waals surface area contributed by atoms with E-state index in [0.717, 1.165) is 9.80 Å². The summed E-state index contributed by atoms with van der Waals surface area (Å²) in [7, 11) is 0. The monoisotopic (exact) mass is 428 g/mol. The predicted molar refractivity (Wildman–Crippen MR) is 96.3 cm³/mol. The molecular weight excluding hydrogens is 412 g/mol. The fourth-order valence-corrected chi connectivity index (χ4v) is 2.34. The van der Waals surface area contributed by atoms with Crippen LogP contribution in [0.25, 0.3) is 0 Å². The smallest absolute Gasteiger partial charge is 0.193 e. The number of benzene rings is 2. The molecule has 2 rings (SSSR count). The van der Waals surface area contributed by atoms with E-state index in [9.17, 15) is 9.90 Å². The third-order valence-electron chi connectivity index (χ3n) is 2.66. The Bertz CT molecular complexity index is 610. The van der Waals surface area contributed by atoms with Crippen LogP contribution < -0.4 is 4.74 Å². The van der Waals surface area contributed by atoms with Gasteiger partial charge in [-0.15, -0.1) is 0 Å². The third kappa shape index (κ3) is 5.14.